The second-order valence-corrected chi connectivity index (χ2v) is 8.02. The normalized spacial score (nSPS) is 10.9. The quantitative estimate of drug-likeness (QED) is 0.178. The van der Waals surface area contributed by atoms with Crippen molar-refractivity contribution in [3.63, 3.8) is 0 Å². The van der Waals surface area contributed by atoms with E-state index in [4.69, 9.17) is 9.52 Å². The van der Waals surface area contributed by atoms with Crippen LogP contribution in [0.15, 0.2) is 57.8 Å². The van der Waals surface area contributed by atoms with Gasteiger partial charge >= 0.3 is 11.6 Å². The summed E-state index contributed by atoms with van der Waals surface area (Å²) in [4.78, 5) is 21.0. The molecule has 0 aliphatic carbocycles. The Labute approximate surface area is 187 Å². The lowest BCUT2D eigenvalue weighted by Gasteiger charge is -1.99. The first-order valence-electron chi connectivity index (χ1n) is 12.0. The number of unbranched alkanes of at least 4 members (excludes halogenated alkanes) is 11. The van der Waals surface area contributed by atoms with Gasteiger partial charge in [0.2, 0.25) is 0 Å². The minimum atomic E-state index is -0.664. The fourth-order valence-corrected chi connectivity index (χ4v) is 3.36. The van der Waals surface area contributed by atoms with Crippen molar-refractivity contribution in [1.29, 1.82) is 0 Å². The molecule has 0 bridgehead atoms. The van der Waals surface area contributed by atoms with Crippen LogP contribution >= 0.6 is 0 Å². The Kier molecular flexibility index (Phi) is 15.8. The molecule has 2 rings (SSSR count). The Hall–Kier alpha value is -2.36. The van der Waals surface area contributed by atoms with Crippen LogP contribution in [0.1, 0.15) is 96.8 Å². The zero-order valence-corrected chi connectivity index (χ0v) is 19.2. The molecule has 0 fully saturated rings. The molecule has 1 aromatic heterocycles. The Morgan fingerprint density at radius 1 is 0.806 bits per heavy atom. The smallest absolute Gasteiger partial charge is 0.336 e. The lowest BCUT2D eigenvalue weighted by molar-refractivity contribution is -0.137. The Morgan fingerprint density at radius 2 is 1.39 bits per heavy atom. The van der Waals surface area contributed by atoms with Crippen LogP contribution < -0.4 is 5.63 Å². The van der Waals surface area contributed by atoms with Crippen LogP contribution in [-0.4, -0.2) is 11.1 Å². The predicted octanol–water partition coefficient (Wildman–Crippen LogP) is 7.90. The average Bonchev–Trinajstić information content (AvgIpc) is 2.76. The van der Waals surface area contributed by atoms with Crippen LogP contribution in [0.3, 0.4) is 0 Å². The first kappa shape index (κ1) is 26.7. The highest BCUT2D eigenvalue weighted by molar-refractivity contribution is 5.75. The highest BCUT2D eigenvalue weighted by Gasteiger charge is 1.96. The predicted molar refractivity (Wildman–Crippen MR) is 130 cm³/mol. The van der Waals surface area contributed by atoms with Gasteiger partial charge in [0.05, 0.1) is 0 Å². The van der Waals surface area contributed by atoms with Gasteiger partial charge in [-0.05, 0) is 44.2 Å². The van der Waals surface area contributed by atoms with Gasteiger partial charge in [0.1, 0.15) is 5.58 Å². The highest BCUT2D eigenvalue weighted by atomic mass is 16.4. The summed E-state index contributed by atoms with van der Waals surface area (Å²) >= 11 is 0. The molecule has 1 N–H and O–H groups in total. The summed E-state index contributed by atoms with van der Waals surface area (Å²) in [5, 5.41) is 9.46. The maximum absolute atomic E-state index is 10.7. The average molecular weight is 429 g/mol. The molecule has 0 saturated heterocycles. The molecular weight excluding hydrogens is 388 g/mol. The molecule has 0 aliphatic rings. The number of para-hydroxylation sites is 1. The molecule has 4 nitrogen and oxygen atoms in total. The second-order valence-electron chi connectivity index (χ2n) is 8.02. The van der Waals surface area contributed by atoms with Crippen molar-refractivity contribution in [3.05, 3.63) is 59.0 Å². The van der Waals surface area contributed by atoms with Crippen molar-refractivity contribution in [1.82, 2.24) is 0 Å². The van der Waals surface area contributed by atoms with Gasteiger partial charge in [-0.1, -0.05) is 88.6 Å². The summed E-state index contributed by atoms with van der Waals surface area (Å²) in [5.74, 6) is -0.664. The van der Waals surface area contributed by atoms with Crippen molar-refractivity contribution in [2.45, 2.75) is 96.8 Å². The Balaban J connectivity index is 0.000000361. The Morgan fingerprint density at radius 3 is 2.03 bits per heavy atom. The van der Waals surface area contributed by atoms with Crippen LogP contribution in [0.2, 0.25) is 0 Å². The van der Waals surface area contributed by atoms with E-state index in [1.807, 2.05) is 18.2 Å². The Bertz CT molecular complexity index is 791. The highest BCUT2D eigenvalue weighted by Crippen LogP contribution is 2.10. The van der Waals surface area contributed by atoms with Crippen molar-refractivity contribution < 1.29 is 14.3 Å². The van der Waals surface area contributed by atoms with E-state index in [2.05, 4.69) is 19.1 Å². The molecule has 31 heavy (non-hydrogen) atoms. The molecular formula is C27H40O4. The number of hydrogen-bond donors (Lipinski definition) is 1. The van der Waals surface area contributed by atoms with Crippen molar-refractivity contribution in [2.75, 3.05) is 0 Å². The first-order valence-corrected chi connectivity index (χ1v) is 12.0. The van der Waals surface area contributed by atoms with E-state index < -0.39 is 5.97 Å². The third-order valence-corrected chi connectivity index (χ3v) is 5.18. The fraction of sp³-hybridized carbons (Fsp3) is 0.556. The molecule has 0 aliphatic heterocycles. The fourth-order valence-electron chi connectivity index (χ4n) is 3.36. The standard InChI is InChI=1S/C18H34O2.C9H6O2/c1-2-3-4-5-6-7-8-9-10-11-12-13-14-15-16-17-18(19)20;10-9-6-5-7-3-1-2-4-8(7)11-9/h9-10H,2-8,11-17H2,1H3,(H,19,20);1-6H/b10-9-;. The number of allylic oxidation sites excluding steroid dienone is 2. The van der Waals surface area contributed by atoms with Crippen LogP contribution in [0.25, 0.3) is 11.0 Å². The van der Waals surface area contributed by atoms with Crippen LogP contribution in [-0.2, 0) is 4.79 Å². The molecule has 0 spiro atoms. The van der Waals surface area contributed by atoms with Gasteiger partial charge in [-0.15, -0.1) is 0 Å². The van der Waals surface area contributed by atoms with Crippen molar-refractivity contribution in [2.24, 2.45) is 0 Å². The van der Waals surface area contributed by atoms with Crippen LogP contribution in [0.5, 0.6) is 0 Å². The molecule has 0 unspecified atom stereocenters. The maximum Gasteiger partial charge on any atom is 0.336 e. The third kappa shape index (κ3) is 15.1. The molecule has 0 radical (unpaired) electrons. The number of benzene rings is 1. The van der Waals surface area contributed by atoms with Crippen LogP contribution in [0.4, 0.5) is 0 Å². The molecule has 0 saturated carbocycles. The first-order chi connectivity index (χ1) is 15.1. The molecule has 0 atom stereocenters. The second kappa shape index (κ2) is 18.4. The van der Waals surface area contributed by atoms with Crippen LogP contribution in [0, 0.1) is 0 Å². The van der Waals surface area contributed by atoms with Gasteiger partial charge in [0.25, 0.3) is 0 Å². The van der Waals surface area contributed by atoms with E-state index in [-0.39, 0.29) is 5.63 Å². The molecule has 1 aromatic carbocycles. The maximum atomic E-state index is 10.7. The summed E-state index contributed by atoms with van der Waals surface area (Å²) in [5.41, 5.74) is 0.337. The summed E-state index contributed by atoms with van der Waals surface area (Å²) in [6.07, 6.45) is 21.2. The van der Waals surface area contributed by atoms with Crippen molar-refractivity contribution in [3.8, 4) is 0 Å². The number of aliphatic carboxylic acids is 1. The number of hydrogen-bond acceptors (Lipinski definition) is 3. The zero-order valence-electron chi connectivity index (χ0n) is 19.2. The minimum absolute atomic E-state index is 0.302. The number of carboxylic acid groups (broad SMARTS) is 1. The lowest BCUT2D eigenvalue weighted by atomic mass is 10.1. The van der Waals surface area contributed by atoms with E-state index in [0.717, 1.165) is 18.2 Å². The molecule has 172 valence electrons. The largest absolute Gasteiger partial charge is 0.481 e. The van der Waals surface area contributed by atoms with E-state index in [9.17, 15) is 9.59 Å². The summed E-state index contributed by atoms with van der Waals surface area (Å²) in [6.45, 7) is 2.26. The van der Waals surface area contributed by atoms with Gasteiger partial charge in [0, 0.05) is 17.9 Å². The SMILES string of the molecule is CCCCCCCC/C=C\CCCCCCCC(=O)O.O=c1ccc2ccccc2o1. The minimum Gasteiger partial charge on any atom is -0.481 e. The van der Waals surface area contributed by atoms with Gasteiger partial charge in [-0.2, -0.15) is 0 Å². The number of carboxylic acids is 1. The number of rotatable bonds is 15. The summed E-state index contributed by atoms with van der Waals surface area (Å²) < 4.78 is 4.91. The molecule has 4 heteroatoms. The van der Waals surface area contributed by atoms with E-state index in [1.165, 1.54) is 76.7 Å². The van der Waals surface area contributed by atoms with E-state index in [0.29, 0.717) is 12.0 Å². The monoisotopic (exact) mass is 428 g/mol. The van der Waals surface area contributed by atoms with E-state index >= 15 is 0 Å². The lowest BCUT2D eigenvalue weighted by Crippen LogP contribution is -1.93. The van der Waals surface area contributed by atoms with Gasteiger partial charge in [0.15, 0.2) is 0 Å². The van der Waals surface area contributed by atoms with Crippen molar-refractivity contribution >= 4 is 16.9 Å². The molecule has 0 amide bonds. The van der Waals surface area contributed by atoms with Gasteiger partial charge in [-0.25, -0.2) is 4.79 Å². The summed E-state index contributed by atoms with van der Waals surface area (Å²) in [6, 6.07) is 10.6. The topological polar surface area (TPSA) is 67.5 Å². The molecule has 1 heterocycles. The van der Waals surface area contributed by atoms with Gasteiger partial charge < -0.3 is 9.52 Å². The number of fused-ring (bicyclic) bond motifs is 1. The van der Waals surface area contributed by atoms with Gasteiger partial charge in [-0.3, -0.25) is 4.79 Å². The summed E-state index contributed by atoms with van der Waals surface area (Å²) in [7, 11) is 0. The number of carbonyl (C=O) groups is 1. The zero-order chi connectivity index (χ0) is 22.6. The molecule has 2 aromatic rings. The van der Waals surface area contributed by atoms with E-state index in [1.54, 1.807) is 12.1 Å². The third-order valence-electron chi connectivity index (χ3n) is 5.18.